The van der Waals surface area contributed by atoms with Crippen molar-refractivity contribution in [2.75, 3.05) is 12.3 Å². The number of alkyl halides is 3. The SMILES string of the molecule is O=C1CC(CS(=O)(=O)Cl)CN1Cc1ccc(C(F)(F)F)nc1. The second-order valence-electron chi connectivity index (χ2n) is 5.10. The smallest absolute Gasteiger partial charge is 0.338 e. The normalized spacial score (nSPS) is 19.7. The highest BCUT2D eigenvalue weighted by molar-refractivity contribution is 8.13. The van der Waals surface area contributed by atoms with Gasteiger partial charge in [-0.15, -0.1) is 0 Å². The molecule has 2 heterocycles. The average molecular weight is 357 g/mol. The molecule has 1 aliphatic rings. The molecule has 0 radical (unpaired) electrons. The molecule has 22 heavy (non-hydrogen) atoms. The minimum atomic E-state index is -4.51. The summed E-state index contributed by atoms with van der Waals surface area (Å²) in [4.78, 5) is 16.5. The predicted molar refractivity (Wildman–Crippen MR) is 72.4 cm³/mol. The minimum absolute atomic E-state index is 0.0556. The highest BCUT2D eigenvalue weighted by atomic mass is 35.7. The molecule has 0 spiro atoms. The maximum Gasteiger partial charge on any atom is 0.433 e. The quantitative estimate of drug-likeness (QED) is 0.774. The third kappa shape index (κ3) is 4.57. The number of aromatic nitrogens is 1. The Morgan fingerprint density at radius 3 is 2.55 bits per heavy atom. The number of amides is 1. The van der Waals surface area contributed by atoms with Gasteiger partial charge in [-0.2, -0.15) is 13.2 Å². The molecule has 1 aromatic heterocycles. The van der Waals surface area contributed by atoms with Crippen LogP contribution in [0, 0.1) is 5.92 Å². The van der Waals surface area contributed by atoms with Crippen LogP contribution in [0.5, 0.6) is 0 Å². The molecule has 1 unspecified atom stereocenters. The Morgan fingerprint density at radius 1 is 1.36 bits per heavy atom. The van der Waals surface area contributed by atoms with Crippen molar-refractivity contribution < 1.29 is 26.4 Å². The van der Waals surface area contributed by atoms with Gasteiger partial charge in [0, 0.05) is 42.3 Å². The van der Waals surface area contributed by atoms with Crippen molar-refractivity contribution >= 4 is 25.6 Å². The fraction of sp³-hybridized carbons (Fsp3) is 0.500. The molecule has 1 aromatic rings. The van der Waals surface area contributed by atoms with E-state index in [4.69, 9.17) is 10.7 Å². The van der Waals surface area contributed by atoms with E-state index in [2.05, 4.69) is 4.98 Å². The van der Waals surface area contributed by atoms with E-state index in [9.17, 15) is 26.4 Å². The van der Waals surface area contributed by atoms with E-state index < -0.39 is 26.8 Å². The number of halogens is 4. The van der Waals surface area contributed by atoms with Crippen LogP contribution in [0.3, 0.4) is 0 Å². The van der Waals surface area contributed by atoms with Crippen molar-refractivity contribution in [2.24, 2.45) is 5.92 Å². The van der Waals surface area contributed by atoms with Gasteiger partial charge in [-0.25, -0.2) is 8.42 Å². The number of hydrogen-bond acceptors (Lipinski definition) is 4. The Bertz CT molecular complexity index is 661. The van der Waals surface area contributed by atoms with Crippen molar-refractivity contribution in [1.29, 1.82) is 0 Å². The first-order valence-corrected chi connectivity index (χ1v) is 8.74. The molecule has 1 fully saturated rings. The second-order valence-corrected chi connectivity index (χ2v) is 7.92. The summed E-state index contributed by atoms with van der Waals surface area (Å²) in [5.41, 5.74) is -0.564. The maximum atomic E-state index is 12.4. The number of nitrogens with zero attached hydrogens (tertiary/aromatic N) is 2. The van der Waals surface area contributed by atoms with E-state index >= 15 is 0 Å². The van der Waals surface area contributed by atoms with Gasteiger partial charge < -0.3 is 4.90 Å². The first-order chi connectivity index (χ1) is 10.0. The lowest BCUT2D eigenvalue weighted by atomic mass is 10.1. The molecule has 1 amide bonds. The van der Waals surface area contributed by atoms with E-state index in [1.807, 2.05) is 0 Å². The summed E-state index contributed by atoms with van der Waals surface area (Å²) in [6, 6.07) is 2.09. The van der Waals surface area contributed by atoms with E-state index in [1.165, 1.54) is 11.0 Å². The van der Waals surface area contributed by atoms with E-state index in [1.54, 1.807) is 0 Å². The zero-order chi connectivity index (χ0) is 16.5. The van der Waals surface area contributed by atoms with Gasteiger partial charge in [0.1, 0.15) is 5.69 Å². The number of rotatable bonds is 4. The first-order valence-electron chi connectivity index (χ1n) is 6.27. The van der Waals surface area contributed by atoms with E-state index in [-0.39, 0.29) is 31.2 Å². The highest BCUT2D eigenvalue weighted by Gasteiger charge is 2.34. The average Bonchev–Trinajstić information content (AvgIpc) is 2.66. The van der Waals surface area contributed by atoms with Crippen LogP contribution in [0.4, 0.5) is 13.2 Å². The molecule has 0 N–H and O–H groups in total. The van der Waals surface area contributed by atoms with Gasteiger partial charge in [-0.3, -0.25) is 9.78 Å². The largest absolute Gasteiger partial charge is 0.433 e. The van der Waals surface area contributed by atoms with Crippen molar-refractivity contribution in [1.82, 2.24) is 9.88 Å². The minimum Gasteiger partial charge on any atom is -0.338 e. The van der Waals surface area contributed by atoms with Crippen molar-refractivity contribution in [2.45, 2.75) is 19.1 Å². The highest BCUT2D eigenvalue weighted by Crippen LogP contribution is 2.28. The van der Waals surface area contributed by atoms with Crippen LogP contribution in [0.1, 0.15) is 17.7 Å². The third-order valence-corrected chi connectivity index (χ3v) is 4.47. The predicted octanol–water partition coefficient (Wildman–Crippen LogP) is 2.02. The molecule has 0 bridgehead atoms. The Hall–Kier alpha value is -1.35. The first kappa shape index (κ1) is 17.0. The van der Waals surface area contributed by atoms with Gasteiger partial charge in [0.25, 0.3) is 0 Å². The molecule has 1 atom stereocenters. The Labute approximate surface area is 129 Å². The van der Waals surface area contributed by atoms with Crippen LogP contribution in [-0.2, 0) is 26.6 Å². The molecule has 1 aliphatic heterocycles. The Morgan fingerprint density at radius 2 is 2.05 bits per heavy atom. The van der Waals surface area contributed by atoms with E-state index in [0.29, 0.717) is 5.56 Å². The lowest BCUT2D eigenvalue weighted by Crippen LogP contribution is -2.25. The van der Waals surface area contributed by atoms with Gasteiger partial charge in [0.2, 0.25) is 15.0 Å². The molecule has 122 valence electrons. The molecule has 10 heteroatoms. The van der Waals surface area contributed by atoms with Gasteiger partial charge >= 0.3 is 6.18 Å². The lowest BCUT2D eigenvalue weighted by molar-refractivity contribution is -0.141. The zero-order valence-electron chi connectivity index (χ0n) is 11.2. The van der Waals surface area contributed by atoms with Crippen molar-refractivity contribution in [3.63, 3.8) is 0 Å². The Kier molecular flexibility index (Phi) is 4.67. The summed E-state index contributed by atoms with van der Waals surface area (Å²) in [6.07, 6.45) is -3.40. The van der Waals surface area contributed by atoms with Crippen LogP contribution < -0.4 is 0 Å². The van der Waals surface area contributed by atoms with Crippen LogP contribution in [0.25, 0.3) is 0 Å². The van der Waals surface area contributed by atoms with Gasteiger partial charge in [-0.1, -0.05) is 6.07 Å². The van der Waals surface area contributed by atoms with Crippen LogP contribution >= 0.6 is 10.7 Å². The number of hydrogen-bond donors (Lipinski definition) is 0. The molecule has 5 nitrogen and oxygen atoms in total. The maximum absolute atomic E-state index is 12.4. The monoisotopic (exact) mass is 356 g/mol. The Balaban J connectivity index is 2.01. The summed E-state index contributed by atoms with van der Waals surface area (Å²) in [6.45, 7) is 0.286. The number of pyridine rings is 1. The fourth-order valence-corrected chi connectivity index (χ4v) is 3.63. The lowest BCUT2D eigenvalue weighted by Gasteiger charge is -2.16. The summed E-state index contributed by atoms with van der Waals surface area (Å²) < 4.78 is 59.2. The molecule has 0 aromatic carbocycles. The van der Waals surface area contributed by atoms with Crippen LogP contribution in [0.15, 0.2) is 18.3 Å². The van der Waals surface area contributed by atoms with Crippen LogP contribution in [0.2, 0.25) is 0 Å². The van der Waals surface area contributed by atoms with Gasteiger partial charge in [0.05, 0.1) is 5.75 Å². The summed E-state index contributed by atoms with van der Waals surface area (Å²) in [5, 5.41) is 0. The molecule has 1 saturated heterocycles. The summed E-state index contributed by atoms with van der Waals surface area (Å²) in [5.74, 6) is -0.968. The molecular weight excluding hydrogens is 345 g/mol. The summed E-state index contributed by atoms with van der Waals surface area (Å²) in [7, 11) is 1.46. The van der Waals surface area contributed by atoms with E-state index in [0.717, 1.165) is 12.3 Å². The summed E-state index contributed by atoms with van der Waals surface area (Å²) >= 11 is 0. The standard InChI is InChI=1S/C12H12ClF3N2O3S/c13-22(20,21)7-9-3-11(19)18(6-9)5-8-1-2-10(17-4-8)12(14,15)16/h1-2,4,9H,3,5-7H2. The topological polar surface area (TPSA) is 67.3 Å². The molecule has 0 saturated carbocycles. The zero-order valence-corrected chi connectivity index (χ0v) is 12.7. The second kappa shape index (κ2) is 6.04. The number of carbonyl (C=O) groups excluding carboxylic acids is 1. The molecular formula is C12H12ClF3N2O3S. The number of carbonyl (C=O) groups is 1. The van der Waals surface area contributed by atoms with Crippen LogP contribution in [-0.4, -0.2) is 36.5 Å². The molecule has 0 aliphatic carbocycles. The third-order valence-electron chi connectivity index (χ3n) is 3.22. The van der Waals surface area contributed by atoms with Crippen molar-refractivity contribution in [3.05, 3.63) is 29.6 Å². The molecule has 2 rings (SSSR count). The van der Waals surface area contributed by atoms with Crippen molar-refractivity contribution in [3.8, 4) is 0 Å². The fourth-order valence-electron chi connectivity index (χ4n) is 2.31. The van der Waals surface area contributed by atoms with Gasteiger partial charge in [0.15, 0.2) is 0 Å². The number of likely N-dealkylation sites (tertiary alicyclic amines) is 1. The van der Waals surface area contributed by atoms with Gasteiger partial charge in [-0.05, 0) is 11.6 Å².